The molecule has 0 bridgehead atoms. The molecule has 1 rings (SSSR count). The molecule has 0 radical (unpaired) electrons. The van der Waals surface area contributed by atoms with Gasteiger partial charge in [-0.1, -0.05) is 18.7 Å². The predicted molar refractivity (Wildman–Crippen MR) is 55.7 cm³/mol. The van der Waals surface area contributed by atoms with Gasteiger partial charge < -0.3 is 5.11 Å². The summed E-state index contributed by atoms with van der Waals surface area (Å²) in [5, 5.41) is 19.2. The normalized spacial score (nSPS) is 12.7. The van der Waals surface area contributed by atoms with E-state index in [0.29, 0.717) is 4.34 Å². The molecular formula is C7H10N2O3S2. The monoisotopic (exact) mass is 234 g/mol. The van der Waals surface area contributed by atoms with Gasteiger partial charge in [-0.15, -0.1) is 0 Å². The third kappa shape index (κ3) is 3.24. The lowest BCUT2D eigenvalue weighted by molar-refractivity contribution is -0.380. The van der Waals surface area contributed by atoms with Crippen LogP contribution in [-0.2, 0) is 0 Å². The fraction of sp³-hybridized carbons (Fsp3) is 0.571. The Morgan fingerprint density at radius 2 is 2.57 bits per heavy atom. The average Bonchev–Trinajstić information content (AvgIpc) is 2.62. The quantitative estimate of drug-likeness (QED) is 0.477. The van der Waals surface area contributed by atoms with Crippen LogP contribution in [0, 0.1) is 16.0 Å². The molecule has 0 fully saturated rings. The topological polar surface area (TPSA) is 76.3 Å². The number of nitrogens with zero attached hydrogens (tertiary/aromatic N) is 2. The Labute approximate surface area is 89.3 Å². The number of nitro groups is 1. The van der Waals surface area contributed by atoms with Crippen LogP contribution in [0.3, 0.4) is 0 Å². The molecule has 1 aromatic heterocycles. The second-order valence-corrected chi connectivity index (χ2v) is 5.10. The Morgan fingerprint density at radius 1 is 1.86 bits per heavy atom. The molecule has 0 aromatic carbocycles. The summed E-state index contributed by atoms with van der Waals surface area (Å²) >= 11 is 2.50. The third-order valence-corrected chi connectivity index (χ3v) is 3.89. The van der Waals surface area contributed by atoms with Crippen LogP contribution in [0.5, 0.6) is 0 Å². The number of thioether (sulfide) groups is 1. The third-order valence-electron chi connectivity index (χ3n) is 1.46. The second-order valence-electron chi connectivity index (χ2n) is 2.82. The number of rotatable bonds is 5. The van der Waals surface area contributed by atoms with E-state index in [4.69, 9.17) is 5.11 Å². The van der Waals surface area contributed by atoms with Crippen LogP contribution in [0.25, 0.3) is 0 Å². The van der Waals surface area contributed by atoms with Crippen molar-refractivity contribution < 1.29 is 10.0 Å². The zero-order valence-corrected chi connectivity index (χ0v) is 9.18. The second kappa shape index (κ2) is 5.28. The van der Waals surface area contributed by atoms with Crippen molar-refractivity contribution in [2.45, 2.75) is 11.3 Å². The Morgan fingerprint density at radius 3 is 3.07 bits per heavy atom. The lowest BCUT2D eigenvalue weighted by atomic mass is 10.2. The molecule has 1 heterocycles. The van der Waals surface area contributed by atoms with Crippen molar-refractivity contribution in [1.29, 1.82) is 0 Å². The summed E-state index contributed by atoms with van der Waals surface area (Å²) in [5.41, 5.74) is 0. The molecule has 14 heavy (non-hydrogen) atoms. The Balaban J connectivity index is 2.48. The fourth-order valence-electron chi connectivity index (χ4n) is 0.667. The van der Waals surface area contributed by atoms with Gasteiger partial charge in [0.2, 0.25) is 0 Å². The largest absolute Gasteiger partial charge is 0.396 e. The molecule has 0 spiro atoms. The number of hydrogen-bond acceptors (Lipinski definition) is 6. The lowest BCUT2D eigenvalue weighted by Gasteiger charge is -2.03. The van der Waals surface area contributed by atoms with Gasteiger partial charge in [-0.25, -0.2) is 4.98 Å². The summed E-state index contributed by atoms with van der Waals surface area (Å²) < 4.78 is 0.678. The van der Waals surface area contributed by atoms with Crippen LogP contribution in [0.4, 0.5) is 5.00 Å². The molecule has 1 atom stereocenters. The summed E-state index contributed by atoms with van der Waals surface area (Å²) in [6.45, 7) is 2.04. The van der Waals surface area contributed by atoms with Gasteiger partial charge in [-0.3, -0.25) is 10.1 Å². The van der Waals surface area contributed by atoms with Crippen molar-refractivity contribution in [1.82, 2.24) is 4.98 Å². The first-order valence-corrected chi connectivity index (χ1v) is 5.77. The van der Waals surface area contributed by atoms with E-state index in [0.717, 1.165) is 17.1 Å². The number of hydrogen-bond donors (Lipinski definition) is 1. The summed E-state index contributed by atoms with van der Waals surface area (Å²) in [7, 11) is 0. The molecule has 0 aliphatic carbocycles. The molecule has 7 heteroatoms. The zero-order valence-electron chi connectivity index (χ0n) is 7.54. The highest BCUT2D eigenvalue weighted by atomic mass is 32.2. The molecule has 0 amide bonds. The van der Waals surface area contributed by atoms with Gasteiger partial charge in [-0.2, -0.15) is 0 Å². The van der Waals surface area contributed by atoms with E-state index >= 15 is 0 Å². The molecule has 5 nitrogen and oxygen atoms in total. The summed E-state index contributed by atoms with van der Waals surface area (Å²) in [6, 6.07) is 0. The van der Waals surface area contributed by atoms with E-state index in [-0.39, 0.29) is 17.5 Å². The first-order chi connectivity index (χ1) is 6.63. The maximum atomic E-state index is 10.3. The highest BCUT2D eigenvalue weighted by Gasteiger charge is 2.12. The zero-order chi connectivity index (χ0) is 10.6. The summed E-state index contributed by atoms with van der Waals surface area (Å²) in [6.07, 6.45) is 1.26. The van der Waals surface area contributed by atoms with Crippen molar-refractivity contribution >= 4 is 28.1 Å². The van der Waals surface area contributed by atoms with Gasteiger partial charge in [0.05, 0.1) is 4.92 Å². The number of aromatic nitrogens is 1. The molecule has 1 aromatic rings. The first kappa shape index (κ1) is 11.4. The number of aliphatic hydroxyl groups excluding tert-OH is 1. The molecular weight excluding hydrogens is 224 g/mol. The minimum atomic E-state index is -0.447. The first-order valence-electron chi connectivity index (χ1n) is 3.97. The van der Waals surface area contributed by atoms with Gasteiger partial charge in [0.25, 0.3) is 0 Å². The van der Waals surface area contributed by atoms with Gasteiger partial charge in [0.1, 0.15) is 6.20 Å². The Kier molecular flexibility index (Phi) is 4.30. The van der Waals surface area contributed by atoms with E-state index in [1.807, 2.05) is 6.92 Å². The molecule has 0 saturated carbocycles. The standard InChI is InChI=1S/C7H10N2O3S2/c1-5(3-10)4-13-7-8-2-6(14-7)9(11)12/h2,5,10H,3-4H2,1H3. The molecule has 1 unspecified atom stereocenters. The molecule has 1 N–H and O–H groups in total. The number of aliphatic hydroxyl groups is 1. The van der Waals surface area contributed by atoms with Crippen molar-refractivity contribution in [3.63, 3.8) is 0 Å². The SMILES string of the molecule is CC(CO)CSc1ncc([N+](=O)[O-])s1. The van der Waals surface area contributed by atoms with E-state index in [1.54, 1.807) is 0 Å². The van der Waals surface area contributed by atoms with E-state index < -0.39 is 4.92 Å². The van der Waals surface area contributed by atoms with Gasteiger partial charge >= 0.3 is 5.00 Å². The Hall–Kier alpha value is -0.660. The lowest BCUT2D eigenvalue weighted by Crippen LogP contribution is -2.02. The highest BCUT2D eigenvalue weighted by Crippen LogP contribution is 2.29. The minimum Gasteiger partial charge on any atom is -0.396 e. The highest BCUT2D eigenvalue weighted by molar-refractivity contribution is 8.01. The smallest absolute Gasteiger partial charge is 0.344 e. The van der Waals surface area contributed by atoms with Gasteiger partial charge in [-0.05, 0) is 17.3 Å². The van der Waals surface area contributed by atoms with Crippen molar-refractivity contribution in [2.24, 2.45) is 5.92 Å². The van der Waals surface area contributed by atoms with E-state index in [2.05, 4.69) is 4.98 Å². The molecule has 0 aliphatic rings. The number of thiazole rings is 1. The predicted octanol–water partition coefficient (Wildman–Crippen LogP) is 1.77. The summed E-state index contributed by atoms with van der Waals surface area (Å²) in [5.74, 6) is 0.907. The molecule has 0 saturated heterocycles. The van der Waals surface area contributed by atoms with Crippen molar-refractivity contribution in [3.8, 4) is 0 Å². The van der Waals surface area contributed by atoms with Gasteiger partial charge in [0, 0.05) is 12.4 Å². The van der Waals surface area contributed by atoms with Crippen molar-refractivity contribution in [3.05, 3.63) is 16.3 Å². The molecule has 0 aliphatic heterocycles. The average molecular weight is 234 g/mol. The van der Waals surface area contributed by atoms with Crippen LogP contribution in [-0.4, -0.2) is 27.4 Å². The Bertz CT molecular complexity index is 316. The maximum absolute atomic E-state index is 10.3. The van der Waals surface area contributed by atoms with Crippen LogP contribution < -0.4 is 0 Å². The summed E-state index contributed by atoms with van der Waals surface area (Å²) in [4.78, 5) is 13.8. The fourth-order valence-corrected chi connectivity index (χ4v) is 2.49. The van der Waals surface area contributed by atoms with Crippen LogP contribution in [0.2, 0.25) is 0 Å². The van der Waals surface area contributed by atoms with Crippen molar-refractivity contribution in [2.75, 3.05) is 12.4 Å². The van der Waals surface area contributed by atoms with Gasteiger partial charge in [0.15, 0.2) is 4.34 Å². The van der Waals surface area contributed by atoms with Crippen LogP contribution >= 0.6 is 23.1 Å². The van der Waals surface area contributed by atoms with Crippen LogP contribution in [0.1, 0.15) is 6.92 Å². The maximum Gasteiger partial charge on any atom is 0.344 e. The van der Waals surface area contributed by atoms with Crippen LogP contribution in [0.15, 0.2) is 10.5 Å². The molecule has 78 valence electrons. The van der Waals surface area contributed by atoms with E-state index in [1.165, 1.54) is 18.0 Å². The van der Waals surface area contributed by atoms with E-state index in [9.17, 15) is 10.1 Å². The minimum absolute atomic E-state index is 0.0594.